The first-order valence-corrected chi connectivity index (χ1v) is 11.1. The second kappa shape index (κ2) is 7.70. The van der Waals surface area contributed by atoms with Gasteiger partial charge in [-0.05, 0) is 47.8 Å². The molecule has 0 radical (unpaired) electrons. The van der Waals surface area contributed by atoms with Crippen molar-refractivity contribution in [2.24, 2.45) is 5.41 Å². The van der Waals surface area contributed by atoms with Crippen LogP contribution in [0.3, 0.4) is 0 Å². The number of benzene rings is 1. The fourth-order valence-electron chi connectivity index (χ4n) is 4.52. The molecule has 2 aliphatic rings. The number of piperidine rings is 1. The largest absolute Gasteiger partial charge is 0.338 e. The molecule has 0 unspecified atom stereocenters. The third kappa shape index (κ3) is 3.60. The Labute approximate surface area is 171 Å². The average molecular weight is 397 g/mol. The molecule has 148 valence electrons. The summed E-state index contributed by atoms with van der Waals surface area (Å²) in [5.74, 6) is 0.804. The molecule has 2 saturated heterocycles. The van der Waals surface area contributed by atoms with Gasteiger partial charge in [-0.2, -0.15) is 11.3 Å². The van der Waals surface area contributed by atoms with E-state index in [1.165, 1.54) is 22.5 Å². The predicted molar refractivity (Wildman–Crippen MR) is 112 cm³/mol. The molecular formula is C23H28N2O2S. The summed E-state index contributed by atoms with van der Waals surface area (Å²) in [6.45, 7) is 7.09. The van der Waals surface area contributed by atoms with E-state index in [0.29, 0.717) is 25.6 Å². The van der Waals surface area contributed by atoms with Gasteiger partial charge in [-0.25, -0.2) is 0 Å². The van der Waals surface area contributed by atoms with Crippen LogP contribution in [0, 0.1) is 5.41 Å². The summed E-state index contributed by atoms with van der Waals surface area (Å²) in [6.07, 6.45) is 2.68. The van der Waals surface area contributed by atoms with Crippen molar-refractivity contribution in [1.29, 1.82) is 0 Å². The van der Waals surface area contributed by atoms with Crippen LogP contribution in [0.25, 0.3) is 0 Å². The maximum atomic E-state index is 13.4. The number of carbonyl (C=O) groups is 2. The normalized spacial score (nSPS) is 22.5. The second-order valence-electron chi connectivity index (χ2n) is 8.50. The van der Waals surface area contributed by atoms with Crippen LogP contribution in [0.4, 0.5) is 0 Å². The summed E-state index contributed by atoms with van der Waals surface area (Å²) < 4.78 is 0. The van der Waals surface area contributed by atoms with Crippen LogP contribution < -0.4 is 0 Å². The number of carbonyl (C=O) groups excluding carboxylic acids is 2. The average Bonchev–Trinajstić information content (AvgIpc) is 3.37. The van der Waals surface area contributed by atoms with E-state index in [4.69, 9.17) is 0 Å². The Balaban J connectivity index is 1.45. The van der Waals surface area contributed by atoms with E-state index in [0.717, 1.165) is 31.4 Å². The standard InChI is InChI=1S/C23H28N2O2S/c1-17(2)19-6-4-18(5-7-19)14-24-11-3-9-23(22(24)27)10-12-25(16-23)21(26)20-8-13-28-15-20/h4-8,13,15,17H,3,9-12,14,16H2,1-2H3/t23-/m1/s1. The third-order valence-electron chi connectivity index (χ3n) is 6.25. The van der Waals surface area contributed by atoms with Gasteiger partial charge in [0, 0.05) is 31.6 Å². The van der Waals surface area contributed by atoms with Gasteiger partial charge < -0.3 is 9.80 Å². The smallest absolute Gasteiger partial charge is 0.254 e. The Bertz CT molecular complexity index is 844. The lowest BCUT2D eigenvalue weighted by Crippen LogP contribution is -2.50. The number of nitrogens with zero attached hydrogens (tertiary/aromatic N) is 2. The monoisotopic (exact) mass is 396 g/mol. The van der Waals surface area contributed by atoms with Crippen LogP contribution in [0.1, 0.15) is 60.5 Å². The summed E-state index contributed by atoms with van der Waals surface area (Å²) in [5, 5.41) is 3.82. The lowest BCUT2D eigenvalue weighted by Gasteiger charge is -2.39. The highest BCUT2D eigenvalue weighted by atomic mass is 32.1. The van der Waals surface area contributed by atoms with Crippen LogP contribution in [0.15, 0.2) is 41.1 Å². The molecule has 1 aromatic carbocycles. The minimum atomic E-state index is -0.387. The highest BCUT2D eigenvalue weighted by Crippen LogP contribution is 2.41. The Morgan fingerprint density at radius 2 is 1.93 bits per heavy atom. The summed E-state index contributed by atoms with van der Waals surface area (Å²) in [6, 6.07) is 10.5. The summed E-state index contributed by atoms with van der Waals surface area (Å²) in [5.41, 5.74) is 2.86. The van der Waals surface area contributed by atoms with Crippen LogP contribution in [-0.2, 0) is 11.3 Å². The molecule has 1 spiro atoms. The molecule has 1 aromatic heterocycles. The van der Waals surface area contributed by atoms with Crippen LogP contribution in [0.2, 0.25) is 0 Å². The SMILES string of the molecule is CC(C)c1ccc(CN2CCC[C@]3(CCN(C(=O)c4ccsc4)C3)C2=O)cc1. The van der Waals surface area contributed by atoms with Crippen molar-refractivity contribution in [2.75, 3.05) is 19.6 Å². The van der Waals surface area contributed by atoms with Crippen molar-refractivity contribution in [3.05, 3.63) is 57.8 Å². The van der Waals surface area contributed by atoms with Crippen molar-refractivity contribution < 1.29 is 9.59 Å². The number of amides is 2. The zero-order valence-electron chi connectivity index (χ0n) is 16.7. The zero-order chi connectivity index (χ0) is 19.7. The molecular weight excluding hydrogens is 368 g/mol. The Morgan fingerprint density at radius 1 is 1.14 bits per heavy atom. The van der Waals surface area contributed by atoms with Crippen molar-refractivity contribution in [1.82, 2.24) is 9.80 Å². The number of hydrogen-bond donors (Lipinski definition) is 0. The van der Waals surface area contributed by atoms with E-state index in [2.05, 4.69) is 38.1 Å². The molecule has 2 aliphatic heterocycles. The minimum absolute atomic E-state index is 0.0623. The lowest BCUT2D eigenvalue weighted by atomic mass is 9.78. The third-order valence-corrected chi connectivity index (χ3v) is 6.94. The molecule has 0 bridgehead atoms. The van der Waals surface area contributed by atoms with Gasteiger partial charge >= 0.3 is 0 Å². The molecule has 3 heterocycles. The molecule has 4 nitrogen and oxygen atoms in total. The van der Waals surface area contributed by atoms with Crippen molar-refractivity contribution in [3.63, 3.8) is 0 Å². The fourth-order valence-corrected chi connectivity index (χ4v) is 5.15. The molecule has 0 N–H and O–H groups in total. The second-order valence-corrected chi connectivity index (χ2v) is 9.28. The number of rotatable bonds is 4. The summed E-state index contributed by atoms with van der Waals surface area (Å²) in [4.78, 5) is 30.0. The fraction of sp³-hybridized carbons (Fsp3) is 0.478. The van der Waals surface area contributed by atoms with Gasteiger partial charge in [0.25, 0.3) is 5.91 Å². The van der Waals surface area contributed by atoms with Crippen LogP contribution in [0.5, 0.6) is 0 Å². The Hall–Kier alpha value is -2.14. The Morgan fingerprint density at radius 3 is 2.61 bits per heavy atom. The Kier molecular flexibility index (Phi) is 5.28. The van der Waals surface area contributed by atoms with Crippen molar-refractivity contribution in [3.8, 4) is 0 Å². The molecule has 0 aliphatic carbocycles. The first kappa shape index (κ1) is 19.2. The highest BCUT2D eigenvalue weighted by molar-refractivity contribution is 7.08. The van der Waals surface area contributed by atoms with Gasteiger partial charge in [-0.15, -0.1) is 0 Å². The minimum Gasteiger partial charge on any atom is -0.338 e. The van der Waals surface area contributed by atoms with Gasteiger partial charge in [-0.3, -0.25) is 9.59 Å². The van der Waals surface area contributed by atoms with Crippen molar-refractivity contribution in [2.45, 2.75) is 45.6 Å². The molecule has 2 fully saturated rings. The molecule has 2 aromatic rings. The maximum absolute atomic E-state index is 13.4. The van der Waals surface area contributed by atoms with Crippen LogP contribution in [-0.4, -0.2) is 41.2 Å². The summed E-state index contributed by atoms with van der Waals surface area (Å²) >= 11 is 1.54. The number of hydrogen-bond acceptors (Lipinski definition) is 3. The van der Waals surface area contributed by atoms with E-state index in [-0.39, 0.29) is 17.2 Å². The molecule has 5 heteroatoms. The first-order valence-electron chi connectivity index (χ1n) is 10.2. The van der Waals surface area contributed by atoms with Gasteiger partial charge in [0.15, 0.2) is 0 Å². The molecule has 2 amide bonds. The molecule has 28 heavy (non-hydrogen) atoms. The van der Waals surface area contributed by atoms with Gasteiger partial charge in [0.1, 0.15) is 0 Å². The van der Waals surface area contributed by atoms with E-state index in [9.17, 15) is 9.59 Å². The van der Waals surface area contributed by atoms with Crippen LogP contribution >= 0.6 is 11.3 Å². The molecule has 0 saturated carbocycles. The summed E-state index contributed by atoms with van der Waals surface area (Å²) in [7, 11) is 0. The predicted octanol–water partition coefficient (Wildman–Crippen LogP) is 4.53. The number of thiophene rings is 1. The highest BCUT2D eigenvalue weighted by Gasteiger charge is 2.49. The van der Waals surface area contributed by atoms with E-state index in [1.807, 2.05) is 26.6 Å². The molecule has 4 rings (SSSR count). The van der Waals surface area contributed by atoms with Crippen molar-refractivity contribution >= 4 is 23.2 Å². The zero-order valence-corrected chi connectivity index (χ0v) is 17.5. The van der Waals surface area contributed by atoms with E-state index < -0.39 is 0 Å². The topological polar surface area (TPSA) is 40.6 Å². The molecule has 1 atom stereocenters. The first-order chi connectivity index (χ1) is 13.5. The maximum Gasteiger partial charge on any atom is 0.254 e. The van der Waals surface area contributed by atoms with E-state index in [1.54, 1.807) is 0 Å². The lowest BCUT2D eigenvalue weighted by molar-refractivity contribution is -0.146. The van der Waals surface area contributed by atoms with Gasteiger partial charge in [0.05, 0.1) is 11.0 Å². The quantitative estimate of drug-likeness (QED) is 0.762. The number of likely N-dealkylation sites (tertiary alicyclic amines) is 2. The van der Waals surface area contributed by atoms with E-state index >= 15 is 0 Å². The van der Waals surface area contributed by atoms with Gasteiger partial charge in [-0.1, -0.05) is 38.1 Å². The van der Waals surface area contributed by atoms with Gasteiger partial charge in [0.2, 0.25) is 5.91 Å².